The lowest BCUT2D eigenvalue weighted by Crippen LogP contribution is -1.86. The second-order valence-electron chi connectivity index (χ2n) is 5.25. The summed E-state index contributed by atoms with van der Waals surface area (Å²) >= 11 is 0. The highest BCUT2D eigenvalue weighted by molar-refractivity contribution is 7.32. The highest BCUT2D eigenvalue weighted by atomic mass is 31.0. The van der Waals surface area contributed by atoms with Gasteiger partial charge >= 0.3 is 0 Å². The number of hydrogen-bond donors (Lipinski definition) is 0. The average Bonchev–Trinajstić information content (AvgIpc) is 3.02. The average molecular weight is 219 g/mol. The van der Waals surface area contributed by atoms with Crippen LogP contribution in [0.5, 0.6) is 0 Å². The van der Waals surface area contributed by atoms with Crippen molar-refractivity contribution >= 4 is 8.19 Å². The quantitative estimate of drug-likeness (QED) is 0.668. The maximum atomic E-state index is 3.59. The molecule has 3 rings (SSSR count). The summed E-state index contributed by atoms with van der Waals surface area (Å²) in [6.45, 7) is 0. The highest BCUT2D eigenvalue weighted by Crippen LogP contribution is 2.44. The number of rotatable bonds is 2. The molecule has 15 heavy (non-hydrogen) atoms. The van der Waals surface area contributed by atoms with Crippen molar-refractivity contribution < 1.29 is 0 Å². The van der Waals surface area contributed by atoms with Crippen molar-refractivity contribution in [1.29, 1.82) is 0 Å². The van der Waals surface area contributed by atoms with Crippen LogP contribution in [0.2, 0.25) is 0 Å². The van der Waals surface area contributed by atoms with Crippen LogP contribution in [0.1, 0.15) is 73.8 Å². The first-order chi connectivity index (χ1) is 7.43. The van der Waals surface area contributed by atoms with Gasteiger partial charge in [0.05, 0.1) is 0 Å². The van der Waals surface area contributed by atoms with Crippen LogP contribution in [-0.4, -0.2) is 0 Å². The lowest BCUT2D eigenvalue weighted by atomic mass is 10.1. The maximum Gasteiger partial charge on any atom is -0.00996 e. The van der Waals surface area contributed by atoms with Crippen LogP contribution in [0.15, 0.2) is 6.07 Å². The predicted octanol–water partition coefficient (Wildman–Crippen LogP) is 4.83. The Morgan fingerprint density at radius 2 is 1.53 bits per heavy atom. The smallest absolute Gasteiger partial charge is 0.00996 e. The zero-order valence-corrected chi connectivity index (χ0v) is 10.4. The molecular weight excluding hydrogens is 199 g/mol. The first kappa shape index (κ1) is 9.97. The molecule has 0 spiro atoms. The summed E-state index contributed by atoms with van der Waals surface area (Å²) in [7, 11) is 1.03. The van der Waals surface area contributed by atoms with E-state index in [1.54, 1.807) is 10.6 Å². The van der Waals surface area contributed by atoms with Crippen LogP contribution in [0.3, 0.4) is 0 Å². The molecule has 0 bridgehead atoms. The van der Waals surface area contributed by atoms with Crippen LogP contribution in [0, 0.1) is 6.07 Å². The third kappa shape index (κ3) is 2.02. The summed E-state index contributed by atoms with van der Waals surface area (Å²) in [4.78, 5) is 0. The van der Waals surface area contributed by atoms with E-state index in [9.17, 15) is 0 Å². The normalized spacial score (nSPS) is 24.0. The highest BCUT2D eigenvalue weighted by Gasteiger charge is 2.22. The Hall–Kier alpha value is -0.220. The van der Waals surface area contributed by atoms with Crippen molar-refractivity contribution in [2.45, 2.75) is 63.2 Å². The van der Waals surface area contributed by atoms with E-state index < -0.39 is 0 Å². The van der Waals surface area contributed by atoms with Gasteiger partial charge in [-0.05, 0) is 60.2 Å². The van der Waals surface area contributed by atoms with E-state index in [0.29, 0.717) is 0 Å². The van der Waals surface area contributed by atoms with E-state index in [1.165, 1.54) is 51.4 Å². The van der Waals surface area contributed by atoms with E-state index in [2.05, 4.69) is 12.1 Å². The van der Waals surface area contributed by atoms with E-state index in [-0.39, 0.29) is 0 Å². The summed E-state index contributed by atoms with van der Waals surface area (Å²) in [5, 5.41) is 3.42. The van der Waals surface area contributed by atoms with Gasteiger partial charge in [0.25, 0.3) is 0 Å². The zero-order chi connectivity index (χ0) is 10.1. The third-order valence-corrected chi connectivity index (χ3v) is 5.88. The van der Waals surface area contributed by atoms with Gasteiger partial charge in [-0.3, -0.25) is 0 Å². The molecule has 1 unspecified atom stereocenters. The van der Waals surface area contributed by atoms with Gasteiger partial charge < -0.3 is 0 Å². The van der Waals surface area contributed by atoms with Crippen LogP contribution >= 0.6 is 8.19 Å². The molecule has 1 radical (unpaired) electrons. The van der Waals surface area contributed by atoms with Crippen LogP contribution in [-0.2, 0) is 0 Å². The van der Waals surface area contributed by atoms with Crippen LogP contribution in [0.25, 0.3) is 0 Å². The molecule has 2 aliphatic rings. The van der Waals surface area contributed by atoms with Crippen molar-refractivity contribution in [2.24, 2.45) is 0 Å². The molecule has 2 saturated carbocycles. The lowest BCUT2D eigenvalue weighted by molar-refractivity contribution is 0.737. The fourth-order valence-electron chi connectivity index (χ4n) is 3.27. The Bertz CT molecular complexity index is 283. The minimum absolute atomic E-state index is 0.915. The van der Waals surface area contributed by atoms with E-state index in [1.807, 2.05) is 0 Å². The van der Waals surface area contributed by atoms with Crippen molar-refractivity contribution in [3.05, 3.63) is 22.7 Å². The molecule has 0 aliphatic heterocycles. The van der Waals surface area contributed by atoms with Gasteiger partial charge in [-0.25, -0.2) is 0 Å². The Morgan fingerprint density at radius 1 is 0.933 bits per heavy atom. The second-order valence-corrected chi connectivity index (χ2v) is 6.61. The summed E-state index contributed by atoms with van der Waals surface area (Å²) in [6.07, 6.45) is 11.6. The largest absolute Gasteiger partial charge is 0.132 e. The van der Waals surface area contributed by atoms with Gasteiger partial charge in [0.15, 0.2) is 0 Å². The fourth-order valence-corrected chi connectivity index (χ4v) is 4.86. The third-order valence-electron chi connectivity index (χ3n) is 4.22. The summed E-state index contributed by atoms with van der Waals surface area (Å²) < 4.78 is 0. The molecule has 1 heteroatoms. The van der Waals surface area contributed by atoms with Crippen molar-refractivity contribution in [3.8, 4) is 0 Å². The van der Waals surface area contributed by atoms with Gasteiger partial charge in [0.1, 0.15) is 0 Å². The van der Waals surface area contributed by atoms with Crippen molar-refractivity contribution in [2.75, 3.05) is 0 Å². The molecule has 1 heterocycles. The molecule has 81 valence electrons. The minimum atomic E-state index is 0.915. The standard InChI is InChI=1S/C14H20P/c1-2-6-11(5-1)13-9-10-14(15-13)12-7-3-4-8-12/h9,11-12,15H,1-8H2. The second kappa shape index (κ2) is 4.34. The van der Waals surface area contributed by atoms with Crippen molar-refractivity contribution in [1.82, 2.24) is 0 Å². The van der Waals surface area contributed by atoms with Crippen molar-refractivity contribution in [3.63, 3.8) is 0 Å². The Kier molecular flexibility index (Phi) is 2.88. The molecule has 2 aliphatic carbocycles. The van der Waals surface area contributed by atoms with E-state index >= 15 is 0 Å². The molecule has 1 atom stereocenters. The predicted molar refractivity (Wildman–Crippen MR) is 67.2 cm³/mol. The Morgan fingerprint density at radius 3 is 2.20 bits per heavy atom. The Labute approximate surface area is 94.6 Å². The molecule has 0 N–H and O–H groups in total. The molecular formula is C14H20P. The van der Waals surface area contributed by atoms with Crippen LogP contribution < -0.4 is 0 Å². The summed E-state index contributed by atoms with van der Waals surface area (Å²) in [5.74, 6) is 1.85. The molecule has 0 saturated heterocycles. The molecule has 0 nitrogen and oxygen atoms in total. The van der Waals surface area contributed by atoms with Crippen LogP contribution in [0.4, 0.5) is 0 Å². The first-order valence-corrected chi connectivity index (χ1v) is 7.54. The topological polar surface area (TPSA) is 0 Å². The van der Waals surface area contributed by atoms with Gasteiger partial charge in [0.2, 0.25) is 0 Å². The summed E-state index contributed by atoms with van der Waals surface area (Å²) in [6, 6.07) is 5.94. The van der Waals surface area contributed by atoms with E-state index in [0.717, 1.165) is 20.0 Å². The molecule has 0 amide bonds. The summed E-state index contributed by atoms with van der Waals surface area (Å²) in [5.41, 5.74) is 0. The molecule has 2 fully saturated rings. The first-order valence-electron chi connectivity index (χ1n) is 6.54. The zero-order valence-electron chi connectivity index (χ0n) is 9.39. The minimum Gasteiger partial charge on any atom is -0.132 e. The number of hydrogen-bond acceptors (Lipinski definition) is 0. The Balaban J connectivity index is 1.74. The fraction of sp³-hybridized carbons (Fsp3) is 0.714. The molecule has 1 aromatic heterocycles. The van der Waals surface area contributed by atoms with E-state index in [4.69, 9.17) is 0 Å². The molecule has 1 aromatic rings. The van der Waals surface area contributed by atoms with Gasteiger partial charge in [0, 0.05) is 0 Å². The lowest BCUT2D eigenvalue weighted by Gasteiger charge is -2.07. The SMILES string of the molecule is [c]1cc(C2CCCC2)[pH]c1C1CCCC1. The van der Waals surface area contributed by atoms with Gasteiger partial charge in [-0.2, -0.15) is 0 Å². The van der Waals surface area contributed by atoms with Gasteiger partial charge in [-0.15, -0.1) is 8.19 Å². The maximum absolute atomic E-state index is 3.59. The monoisotopic (exact) mass is 219 g/mol. The molecule has 0 aromatic carbocycles. The van der Waals surface area contributed by atoms with Gasteiger partial charge in [-0.1, -0.05) is 25.7 Å².